The molecule has 0 spiro atoms. The minimum Gasteiger partial charge on any atom is -0.395 e. The molecule has 2 rings (SSSR count). The molecule has 21 heavy (non-hydrogen) atoms. The first-order valence-electron chi connectivity index (χ1n) is 7.34. The zero-order valence-corrected chi connectivity index (χ0v) is 12.6. The smallest absolute Gasteiger partial charge is 0.274 e. The Morgan fingerprint density at radius 3 is 2.52 bits per heavy atom. The number of benzene rings is 1. The lowest BCUT2D eigenvalue weighted by Gasteiger charge is -2.05. The van der Waals surface area contributed by atoms with Crippen molar-refractivity contribution in [3.63, 3.8) is 0 Å². The van der Waals surface area contributed by atoms with Crippen LogP contribution in [0, 0.1) is 0 Å². The van der Waals surface area contributed by atoms with Gasteiger partial charge < -0.3 is 11.1 Å². The van der Waals surface area contributed by atoms with Gasteiger partial charge in [0, 0.05) is 6.54 Å². The van der Waals surface area contributed by atoms with E-state index in [0.717, 1.165) is 30.5 Å². The van der Waals surface area contributed by atoms with Gasteiger partial charge in [0.25, 0.3) is 5.91 Å². The molecule has 2 aromatic rings. The summed E-state index contributed by atoms with van der Waals surface area (Å²) < 4.78 is 0. The van der Waals surface area contributed by atoms with Crippen LogP contribution in [-0.4, -0.2) is 16.1 Å². The van der Waals surface area contributed by atoms with Gasteiger partial charge in [-0.15, -0.1) is 0 Å². The van der Waals surface area contributed by atoms with E-state index in [1.54, 1.807) is 0 Å². The molecule has 0 aliphatic heterocycles. The van der Waals surface area contributed by atoms with Gasteiger partial charge in [0.1, 0.15) is 0 Å². The summed E-state index contributed by atoms with van der Waals surface area (Å²) in [5.74, 6) is -0.245. The zero-order valence-electron chi connectivity index (χ0n) is 12.6. The Kier molecular flexibility index (Phi) is 4.98. The molecular weight excluding hydrogens is 264 g/mol. The van der Waals surface area contributed by atoms with Crippen LogP contribution in [0.25, 0.3) is 0 Å². The normalized spacial score (nSPS) is 10.6. The fourth-order valence-electron chi connectivity index (χ4n) is 2.16. The molecule has 0 saturated carbocycles. The van der Waals surface area contributed by atoms with Crippen LogP contribution in [0.1, 0.15) is 47.6 Å². The van der Waals surface area contributed by atoms with Crippen LogP contribution in [0.5, 0.6) is 0 Å². The third kappa shape index (κ3) is 3.62. The van der Waals surface area contributed by atoms with Gasteiger partial charge in [0.15, 0.2) is 5.69 Å². The molecular formula is C16H22N4O. The minimum absolute atomic E-state index is 0.245. The van der Waals surface area contributed by atoms with Crippen molar-refractivity contribution in [2.24, 2.45) is 0 Å². The number of carbonyl (C=O) groups is 1. The number of nitrogens with one attached hydrogen (secondary N) is 2. The van der Waals surface area contributed by atoms with Crippen LogP contribution >= 0.6 is 0 Å². The summed E-state index contributed by atoms with van der Waals surface area (Å²) in [4.78, 5) is 12.1. The van der Waals surface area contributed by atoms with Gasteiger partial charge in [0.05, 0.1) is 11.4 Å². The van der Waals surface area contributed by atoms with E-state index < -0.39 is 0 Å². The summed E-state index contributed by atoms with van der Waals surface area (Å²) in [6.45, 7) is 4.64. The van der Waals surface area contributed by atoms with E-state index in [0.29, 0.717) is 12.2 Å². The van der Waals surface area contributed by atoms with Crippen LogP contribution in [0.4, 0.5) is 5.69 Å². The summed E-state index contributed by atoms with van der Waals surface area (Å²) in [6, 6.07) is 8.19. The Morgan fingerprint density at radius 1 is 1.24 bits per heavy atom. The van der Waals surface area contributed by atoms with Crippen molar-refractivity contribution in [3.8, 4) is 0 Å². The van der Waals surface area contributed by atoms with Gasteiger partial charge in [-0.25, -0.2) is 0 Å². The van der Waals surface area contributed by atoms with E-state index in [1.807, 2.05) is 12.1 Å². The summed E-state index contributed by atoms with van der Waals surface area (Å²) in [5, 5.41) is 9.69. The molecule has 1 amide bonds. The standard InChI is InChI=1S/C16H22N4O/c1-3-5-13-14(17)15(20-19-13)16(21)18-10-12-8-6-11(4-2)7-9-12/h6-9H,3-5,10,17H2,1-2H3,(H,18,21)(H,19,20). The number of carbonyl (C=O) groups excluding carboxylic acids is 1. The van der Waals surface area contributed by atoms with Crippen LogP contribution in [-0.2, 0) is 19.4 Å². The molecule has 1 aromatic carbocycles. The first kappa shape index (κ1) is 15.1. The molecule has 0 unspecified atom stereocenters. The molecule has 4 N–H and O–H groups in total. The number of nitrogens with two attached hydrogens (primary N) is 1. The lowest BCUT2D eigenvalue weighted by Crippen LogP contribution is -2.24. The Bertz CT molecular complexity index is 601. The SMILES string of the molecule is CCCc1[nH]nc(C(=O)NCc2ccc(CC)cc2)c1N. The highest BCUT2D eigenvalue weighted by Gasteiger charge is 2.16. The predicted molar refractivity (Wildman–Crippen MR) is 84.0 cm³/mol. The second-order valence-electron chi connectivity index (χ2n) is 5.07. The molecule has 5 heteroatoms. The quantitative estimate of drug-likeness (QED) is 0.762. The van der Waals surface area contributed by atoms with Gasteiger partial charge in [-0.1, -0.05) is 44.5 Å². The third-order valence-electron chi connectivity index (χ3n) is 3.48. The number of aryl methyl sites for hydroxylation is 2. The molecule has 0 radical (unpaired) electrons. The molecule has 1 heterocycles. The van der Waals surface area contributed by atoms with Gasteiger partial charge in [-0.3, -0.25) is 9.89 Å². The Hall–Kier alpha value is -2.30. The lowest BCUT2D eigenvalue weighted by atomic mass is 10.1. The topological polar surface area (TPSA) is 83.8 Å². The van der Waals surface area contributed by atoms with Crippen LogP contribution in [0.3, 0.4) is 0 Å². The predicted octanol–water partition coefficient (Wildman–Crippen LogP) is 2.44. The summed E-state index contributed by atoms with van der Waals surface area (Å²) in [6.07, 6.45) is 2.76. The van der Waals surface area contributed by atoms with Crippen LogP contribution in [0.2, 0.25) is 0 Å². The fourth-order valence-corrected chi connectivity index (χ4v) is 2.16. The first-order chi connectivity index (χ1) is 10.2. The number of hydrogen-bond acceptors (Lipinski definition) is 3. The number of aromatic nitrogens is 2. The lowest BCUT2D eigenvalue weighted by molar-refractivity contribution is 0.0947. The molecule has 5 nitrogen and oxygen atoms in total. The number of H-pyrrole nitrogens is 1. The molecule has 0 aliphatic carbocycles. The van der Waals surface area contributed by atoms with Crippen molar-refractivity contribution in [3.05, 3.63) is 46.8 Å². The highest BCUT2D eigenvalue weighted by molar-refractivity contribution is 5.97. The highest BCUT2D eigenvalue weighted by atomic mass is 16.1. The van der Waals surface area contributed by atoms with Crippen molar-refractivity contribution < 1.29 is 4.79 Å². The number of nitrogen functional groups attached to an aromatic ring is 1. The van der Waals surface area contributed by atoms with Crippen LogP contribution < -0.4 is 11.1 Å². The maximum atomic E-state index is 12.1. The number of aromatic amines is 1. The number of anilines is 1. The van der Waals surface area contributed by atoms with Crippen molar-refractivity contribution in [1.29, 1.82) is 0 Å². The van der Waals surface area contributed by atoms with Crippen LogP contribution in [0.15, 0.2) is 24.3 Å². The van der Waals surface area contributed by atoms with Gasteiger partial charge in [-0.2, -0.15) is 5.10 Å². The molecule has 0 fully saturated rings. The molecule has 1 aromatic heterocycles. The van der Waals surface area contributed by atoms with E-state index in [4.69, 9.17) is 5.73 Å². The van der Waals surface area contributed by atoms with Gasteiger partial charge in [-0.05, 0) is 24.0 Å². The number of hydrogen-bond donors (Lipinski definition) is 3. The van der Waals surface area contributed by atoms with Crippen molar-refractivity contribution in [2.75, 3.05) is 5.73 Å². The average molecular weight is 286 g/mol. The Balaban J connectivity index is 1.97. The zero-order chi connectivity index (χ0) is 15.2. The summed E-state index contributed by atoms with van der Waals surface area (Å²) in [7, 11) is 0. The Labute approximate surface area is 124 Å². The second kappa shape index (κ2) is 6.92. The van der Waals surface area contributed by atoms with Crippen molar-refractivity contribution in [2.45, 2.75) is 39.7 Å². The van der Waals surface area contributed by atoms with Crippen molar-refractivity contribution in [1.82, 2.24) is 15.5 Å². The highest BCUT2D eigenvalue weighted by Crippen LogP contribution is 2.15. The molecule has 0 atom stereocenters. The number of nitrogens with zero attached hydrogens (tertiary/aromatic N) is 1. The van der Waals surface area contributed by atoms with E-state index in [9.17, 15) is 4.79 Å². The third-order valence-corrected chi connectivity index (χ3v) is 3.48. The molecule has 112 valence electrons. The van der Waals surface area contributed by atoms with E-state index >= 15 is 0 Å². The van der Waals surface area contributed by atoms with Gasteiger partial charge >= 0.3 is 0 Å². The maximum absolute atomic E-state index is 12.1. The van der Waals surface area contributed by atoms with E-state index in [-0.39, 0.29) is 11.6 Å². The molecule has 0 saturated heterocycles. The summed E-state index contributed by atoms with van der Waals surface area (Å²) in [5.41, 5.74) is 9.85. The monoisotopic (exact) mass is 286 g/mol. The van der Waals surface area contributed by atoms with Crippen molar-refractivity contribution >= 4 is 11.6 Å². The fraction of sp³-hybridized carbons (Fsp3) is 0.375. The second-order valence-corrected chi connectivity index (χ2v) is 5.07. The molecule has 0 bridgehead atoms. The Morgan fingerprint density at radius 2 is 1.90 bits per heavy atom. The largest absolute Gasteiger partial charge is 0.395 e. The number of rotatable bonds is 6. The number of amides is 1. The summed E-state index contributed by atoms with van der Waals surface area (Å²) >= 11 is 0. The first-order valence-corrected chi connectivity index (χ1v) is 7.34. The maximum Gasteiger partial charge on any atom is 0.274 e. The average Bonchev–Trinajstić information content (AvgIpc) is 2.87. The van der Waals surface area contributed by atoms with Gasteiger partial charge in [0.2, 0.25) is 0 Å². The minimum atomic E-state index is -0.245. The van der Waals surface area contributed by atoms with E-state index in [2.05, 4.69) is 41.5 Å². The molecule has 0 aliphatic rings. The van der Waals surface area contributed by atoms with E-state index in [1.165, 1.54) is 5.56 Å².